The SMILES string of the molecule is CCC(C)CCCCCCC(=O)NC(Cc1c[nH]c2ccccc12)C(=O)NC(CC(N)=O)C(=O)NC(CC(=O)O)C(=O)NC1C(=O)NCC(=O)NC(CCCN)C(=O)NC(CC(=O)O)C(=O)NC(C)C(=O)NC(CC(=O)O)C(=O)NCC(=O)NC(CO)C(=O)NC(CCC(=O)O)C(=O)NC(CC(=O)c2ccccc2N)C(=O)OC1C. The molecule has 1 fully saturated rings. The number of ketones is 1. The number of H-pyrrole nitrogens is 1. The van der Waals surface area contributed by atoms with E-state index in [0.717, 1.165) is 39.5 Å². The summed E-state index contributed by atoms with van der Waals surface area (Å²) in [5.74, 6) is -27.7. The topological polar surface area (TPSA) is 702 Å². The van der Waals surface area contributed by atoms with Crippen LogP contribution >= 0.6 is 0 Å². The lowest BCUT2D eigenvalue weighted by Gasteiger charge is -2.29. The molecular formula is C72H101N17O26. The maximum absolute atomic E-state index is 14.8. The van der Waals surface area contributed by atoms with Crippen molar-refractivity contribution in [3.63, 3.8) is 0 Å². The van der Waals surface area contributed by atoms with Crippen LogP contribution in [0, 0.1) is 5.92 Å². The van der Waals surface area contributed by atoms with Crippen molar-refractivity contribution in [1.82, 2.24) is 74.1 Å². The summed E-state index contributed by atoms with van der Waals surface area (Å²) in [6.45, 7) is 2.18. The molecule has 0 spiro atoms. The van der Waals surface area contributed by atoms with Gasteiger partial charge in [-0.3, -0.25) is 91.1 Å². The minimum atomic E-state index is -2.45. The Hall–Kier alpha value is -12.7. The molecule has 0 saturated carbocycles. The van der Waals surface area contributed by atoms with Crippen LogP contribution < -0.4 is 86.3 Å². The molecule has 3 aromatic rings. The number of aliphatic hydroxyl groups excluding tert-OH is 1. The third kappa shape index (κ3) is 32.9. The summed E-state index contributed by atoms with van der Waals surface area (Å²) < 4.78 is 5.66. The van der Waals surface area contributed by atoms with E-state index in [9.17, 15) is 121 Å². The van der Waals surface area contributed by atoms with Crippen molar-refractivity contribution >= 4 is 135 Å². The number of esters is 1. The predicted molar refractivity (Wildman–Crippen MR) is 400 cm³/mol. The second kappa shape index (κ2) is 47.6. The number of ether oxygens (including phenoxy) is 1. The van der Waals surface area contributed by atoms with Crippen molar-refractivity contribution in [3.8, 4) is 0 Å². The summed E-state index contributed by atoms with van der Waals surface area (Å²) in [5, 5.41) is 78.3. The maximum atomic E-state index is 14.8. The number of benzene rings is 2. The van der Waals surface area contributed by atoms with Crippen molar-refractivity contribution in [2.24, 2.45) is 17.4 Å². The lowest BCUT2D eigenvalue weighted by Crippen LogP contribution is -2.61. The van der Waals surface area contributed by atoms with E-state index in [0.29, 0.717) is 35.2 Å². The second-order valence-electron chi connectivity index (χ2n) is 27.3. The summed E-state index contributed by atoms with van der Waals surface area (Å²) in [6.07, 6.45) is -4.28. The fourth-order valence-corrected chi connectivity index (χ4v) is 11.5. The van der Waals surface area contributed by atoms with E-state index in [1.54, 1.807) is 30.5 Å². The number of aliphatic carboxylic acids is 4. The van der Waals surface area contributed by atoms with Gasteiger partial charge in [0.15, 0.2) is 5.78 Å². The molecule has 25 N–H and O–H groups in total. The molecule has 0 radical (unpaired) electrons. The fourth-order valence-electron chi connectivity index (χ4n) is 11.5. The molecule has 2 heterocycles. The number of para-hydroxylation sites is 2. The van der Waals surface area contributed by atoms with Crippen LogP contribution in [-0.4, -0.2) is 248 Å². The third-order valence-electron chi connectivity index (χ3n) is 18.0. The van der Waals surface area contributed by atoms with Gasteiger partial charge in [-0.1, -0.05) is 76.3 Å². The number of carbonyl (C=O) groups excluding carboxylic acids is 16. The number of Topliss-reactive ketones (excluding diaryl/α,β-unsaturated/α-hetero) is 1. The Labute approximate surface area is 657 Å². The molecule has 43 nitrogen and oxygen atoms in total. The Morgan fingerprint density at radius 3 is 1.69 bits per heavy atom. The number of nitrogens with two attached hydrogens (primary N) is 3. The molecule has 13 atom stereocenters. The highest BCUT2D eigenvalue weighted by atomic mass is 16.5. The lowest BCUT2D eigenvalue weighted by molar-refractivity contribution is -0.156. The van der Waals surface area contributed by atoms with Gasteiger partial charge < -0.3 is 122 Å². The zero-order chi connectivity index (χ0) is 85.8. The number of carboxylic acids is 4. The zero-order valence-electron chi connectivity index (χ0n) is 63.6. The Kier molecular flexibility index (Phi) is 39.2. The molecule has 13 unspecified atom stereocenters. The van der Waals surface area contributed by atoms with Crippen LogP contribution in [-0.2, 0) is 102 Å². The van der Waals surface area contributed by atoms with E-state index in [1.807, 2.05) is 16.0 Å². The molecule has 1 aliphatic heterocycles. The second-order valence-corrected chi connectivity index (χ2v) is 27.3. The van der Waals surface area contributed by atoms with Crippen LogP contribution in [0.3, 0.4) is 0 Å². The number of aromatic amines is 1. The van der Waals surface area contributed by atoms with Gasteiger partial charge in [0.2, 0.25) is 82.7 Å². The van der Waals surface area contributed by atoms with Crippen molar-refractivity contribution < 1.29 is 126 Å². The molecule has 0 aliphatic carbocycles. The minimum Gasteiger partial charge on any atom is -0.481 e. The van der Waals surface area contributed by atoms with Crippen molar-refractivity contribution in [3.05, 3.63) is 65.9 Å². The summed E-state index contributed by atoms with van der Waals surface area (Å²) in [6, 6.07) is -10.5. The van der Waals surface area contributed by atoms with Gasteiger partial charge in [-0.25, -0.2) is 4.79 Å². The number of aliphatic hydroxyl groups is 1. The van der Waals surface area contributed by atoms with Crippen LogP contribution in [0.15, 0.2) is 54.7 Å². The number of carboxylic acid groups (broad SMARTS) is 4. The standard InChI is InChI=1S/C72H101N17O26/c1-5-35(2)15-8-6-7-9-21-54(93)81-45(25-38-31-76-42-19-13-11-16-39(38)42)67(109)85-46(27-53(75)92)68(110)87-49(30-60(102)103)69(111)89-61-37(4)115-72(114)50(26-52(91)40-17-10-12-18-41(40)74)88-65(107)44(22-23-57(96)97)83-70(112)51(34-90)82-56(95)32-77-63(105)47(28-58(98)99)84-62(104)36(3)79-66(108)48(29-59(100)101)86-64(106)43(20-14-24-73)80-55(94)33-78-71(61)113/h10-13,16-19,31,35-37,43-51,61,76,90H,5-9,14-15,20-30,32-34,73-74H2,1-4H3,(H2,75,92)(H,77,105)(H,78,113)(H,79,108)(H,80,94)(H,81,93)(H,82,95)(H,83,112)(H,84,104)(H,85,109)(H,86,106)(H,87,110)(H,88,107)(H,89,111)(H,96,97)(H,98,99)(H,100,101)(H,102,103). The lowest BCUT2D eigenvalue weighted by atomic mass is 10.00. The quantitative estimate of drug-likeness (QED) is 0.0113. The molecule has 0 bridgehead atoms. The number of rotatable bonds is 35. The molecule has 630 valence electrons. The summed E-state index contributed by atoms with van der Waals surface area (Å²) >= 11 is 0. The Balaban J connectivity index is 1.85. The van der Waals surface area contributed by atoms with Gasteiger partial charge in [0.05, 0.1) is 45.4 Å². The summed E-state index contributed by atoms with van der Waals surface area (Å²) in [5.41, 5.74) is 18.1. The van der Waals surface area contributed by atoms with E-state index in [-0.39, 0.29) is 37.1 Å². The molecule has 115 heavy (non-hydrogen) atoms. The van der Waals surface area contributed by atoms with Crippen molar-refractivity contribution in [2.75, 3.05) is 32.0 Å². The molecular weight excluding hydrogens is 1520 g/mol. The summed E-state index contributed by atoms with van der Waals surface area (Å²) in [7, 11) is 0. The van der Waals surface area contributed by atoms with Crippen LogP contribution in [0.1, 0.15) is 146 Å². The van der Waals surface area contributed by atoms with Crippen LogP contribution in [0.5, 0.6) is 0 Å². The Bertz CT molecular complexity index is 4040. The van der Waals surface area contributed by atoms with Gasteiger partial charge in [0, 0.05) is 54.0 Å². The first-order valence-electron chi connectivity index (χ1n) is 36.8. The largest absolute Gasteiger partial charge is 0.481 e. The highest BCUT2D eigenvalue weighted by Gasteiger charge is 2.40. The smallest absolute Gasteiger partial charge is 0.329 e. The van der Waals surface area contributed by atoms with Crippen molar-refractivity contribution in [2.45, 2.75) is 209 Å². The number of nitrogens with one attached hydrogen (secondary N) is 14. The molecule has 4 rings (SSSR count). The Morgan fingerprint density at radius 1 is 0.548 bits per heavy atom. The minimum absolute atomic E-state index is 0.0224. The number of amides is 14. The van der Waals surface area contributed by atoms with E-state index >= 15 is 0 Å². The van der Waals surface area contributed by atoms with Gasteiger partial charge in [-0.05, 0) is 75.8 Å². The van der Waals surface area contributed by atoms with Crippen LogP contribution in [0.2, 0.25) is 0 Å². The van der Waals surface area contributed by atoms with E-state index in [1.165, 1.54) is 24.3 Å². The number of anilines is 1. The Morgan fingerprint density at radius 2 is 1.09 bits per heavy atom. The first kappa shape index (κ1) is 94.7. The van der Waals surface area contributed by atoms with Crippen molar-refractivity contribution in [1.29, 1.82) is 0 Å². The zero-order valence-corrected chi connectivity index (χ0v) is 63.6. The van der Waals surface area contributed by atoms with Gasteiger partial charge >= 0.3 is 29.8 Å². The number of fused-ring (bicyclic) bond motifs is 1. The monoisotopic (exact) mass is 1620 g/mol. The number of carbonyl (C=O) groups is 20. The number of primary amides is 1. The first-order valence-corrected chi connectivity index (χ1v) is 36.8. The predicted octanol–water partition coefficient (Wildman–Crippen LogP) is -5.62. The highest BCUT2D eigenvalue weighted by molar-refractivity contribution is 6.05. The normalized spacial score (nSPS) is 21.2. The number of unbranched alkanes of at least 4 members (excludes halogenated alkanes) is 3. The number of nitrogen functional groups attached to an aromatic ring is 1. The van der Waals surface area contributed by atoms with Crippen LogP contribution in [0.25, 0.3) is 10.9 Å². The molecule has 1 aromatic heterocycles. The van der Waals surface area contributed by atoms with E-state index in [2.05, 4.69) is 72.0 Å². The maximum Gasteiger partial charge on any atom is 0.329 e. The van der Waals surface area contributed by atoms with E-state index < -0.39 is 262 Å². The molecule has 43 heteroatoms. The number of hydrogen-bond donors (Lipinski definition) is 22. The summed E-state index contributed by atoms with van der Waals surface area (Å²) in [4.78, 5) is 275. The highest BCUT2D eigenvalue weighted by Crippen LogP contribution is 2.21. The van der Waals surface area contributed by atoms with Gasteiger partial charge in [-0.2, -0.15) is 0 Å². The first-order chi connectivity index (χ1) is 54.3. The molecule has 1 aliphatic rings. The average molecular weight is 1620 g/mol. The average Bonchev–Trinajstić information content (AvgIpc) is 1.71. The number of cyclic esters (lactones) is 1. The van der Waals surface area contributed by atoms with Crippen LogP contribution in [0.4, 0.5) is 5.69 Å². The van der Waals surface area contributed by atoms with Gasteiger partial charge in [-0.15, -0.1) is 0 Å². The fraction of sp³-hybridized carbons (Fsp3) is 0.528. The molecule has 1 saturated heterocycles. The van der Waals surface area contributed by atoms with Gasteiger partial charge in [0.25, 0.3) is 0 Å². The molecule has 14 amide bonds. The third-order valence-corrected chi connectivity index (χ3v) is 18.0. The number of aromatic nitrogens is 1. The van der Waals surface area contributed by atoms with Gasteiger partial charge in [0.1, 0.15) is 72.6 Å². The molecule has 2 aromatic carbocycles. The van der Waals surface area contributed by atoms with E-state index in [4.69, 9.17) is 21.9 Å². The number of hydrogen-bond acceptors (Lipinski definition) is 24.